The minimum atomic E-state index is 0.0816. The number of anilines is 1. The molecule has 2 rings (SSSR count). The Morgan fingerprint density at radius 1 is 1.05 bits per heavy atom. The molecule has 0 radical (unpaired) electrons. The van der Waals surface area contributed by atoms with Gasteiger partial charge in [-0.3, -0.25) is 0 Å². The van der Waals surface area contributed by atoms with E-state index in [0.717, 1.165) is 12.6 Å². The van der Waals surface area contributed by atoms with E-state index in [2.05, 4.69) is 55.2 Å². The highest BCUT2D eigenvalue weighted by atomic mass is 35.5. The third-order valence-electron chi connectivity index (χ3n) is 4.42. The smallest absolute Gasteiger partial charge is 0.0712 e. The number of halogens is 1. The van der Waals surface area contributed by atoms with Gasteiger partial charge in [0.1, 0.15) is 0 Å². The summed E-state index contributed by atoms with van der Waals surface area (Å²) in [6, 6.07) is 9.33. The van der Waals surface area contributed by atoms with E-state index in [1.54, 1.807) is 0 Å². The van der Waals surface area contributed by atoms with Crippen molar-refractivity contribution in [2.24, 2.45) is 0 Å². The topological polar surface area (TPSA) is 6.48 Å². The molecule has 0 saturated heterocycles. The zero-order valence-electron chi connectivity index (χ0n) is 13.0. The molecule has 0 aromatic heterocycles. The zero-order valence-corrected chi connectivity index (χ0v) is 13.7. The molecule has 1 fully saturated rings. The molecule has 3 heteroatoms. The van der Waals surface area contributed by atoms with Crippen molar-refractivity contribution in [3.63, 3.8) is 0 Å². The summed E-state index contributed by atoms with van der Waals surface area (Å²) in [5.74, 6) is 0. The van der Waals surface area contributed by atoms with Gasteiger partial charge in [-0.1, -0.05) is 31.4 Å². The lowest BCUT2D eigenvalue weighted by atomic mass is 9.94. The maximum Gasteiger partial charge on any atom is 0.0712 e. The Labute approximate surface area is 128 Å². The molecule has 1 saturated carbocycles. The van der Waals surface area contributed by atoms with Crippen LogP contribution in [0, 0.1) is 0 Å². The second kappa shape index (κ2) is 7.33. The third kappa shape index (κ3) is 4.13. The first kappa shape index (κ1) is 15.7. The average molecular weight is 295 g/mol. The minimum Gasteiger partial charge on any atom is -0.378 e. The van der Waals surface area contributed by atoms with Gasteiger partial charge in [0.25, 0.3) is 0 Å². The van der Waals surface area contributed by atoms with E-state index in [-0.39, 0.29) is 5.38 Å². The molecule has 0 spiro atoms. The maximum absolute atomic E-state index is 6.60. The van der Waals surface area contributed by atoms with Crippen molar-refractivity contribution in [1.82, 2.24) is 4.90 Å². The fraction of sp³-hybridized carbons (Fsp3) is 0.647. The molecule has 0 amide bonds. The Hall–Kier alpha value is -0.730. The van der Waals surface area contributed by atoms with Gasteiger partial charge in [0.05, 0.1) is 5.38 Å². The third-order valence-corrected chi connectivity index (χ3v) is 4.81. The van der Waals surface area contributed by atoms with E-state index in [0.29, 0.717) is 0 Å². The summed E-state index contributed by atoms with van der Waals surface area (Å²) in [6.45, 7) is 0.938. The first-order valence-corrected chi connectivity index (χ1v) is 8.13. The van der Waals surface area contributed by atoms with Crippen LogP contribution in [0.15, 0.2) is 24.3 Å². The van der Waals surface area contributed by atoms with Gasteiger partial charge in [0, 0.05) is 32.4 Å². The Morgan fingerprint density at radius 2 is 1.65 bits per heavy atom. The number of nitrogens with zero attached hydrogens (tertiary/aromatic N) is 2. The van der Waals surface area contributed by atoms with E-state index in [1.807, 2.05) is 0 Å². The van der Waals surface area contributed by atoms with Crippen LogP contribution in [-0.4, -0.2) is 38.6 Å². The predicted molar refractivity (Wildman–Crippen MR) is 88.9 cm³/mol. The summed E-state index contributed by atoms with van der Waals surface area (Å²) in [7, 11) is 6.34. The van der Waals surface area contributed by atoms with Gasteiger partial charge in [0.2, 0.25) is 0 Å². The number of hydrogen-bond donors (Lipinski definition) is 0. The van der Waals surface area contributed by atoms with Crippen LogP contribution in [0.3, 0.4) is 0 Å². The van der Waals surface area contributed by atoms with Crippen molar-refractivity contribution in [3.05, 3.63) is 29.8 Å². The van der Waals surface area contributed by atoms with Gasteiger partial charge < -0.3 is 9.80 Å². The van der Waals surface area contributed by atoms with Gasteiger partial charge in [0.15, 0.2) is 0 Å². The monoisotopic (exact) mass is 294 g/mol. The Kier molecular flexibility index (Phi) is 5.74. The summed E-state index contributed by atoms with van der Waals surface area (Å²) >= 11 is 6.60. The Bertz CT molecular complexity index is 396. The summed E-state index contributed by atoms with van der Waals surface area (Å²) in [6.07, 6.45) is 6.82. The molecular formula is C17H27ClN2. The predicted octanol–water partition coefficient (Wildman–Crippen LogP) is 4.30. The standard InChI is InChI=1S/C17H27ClN2/c1-19(2)15-11-9-14(10-12-15)17(18)13-20(3)16-7-5-4-6-8-16/h9-12,16-17H,4-8,13H2,1-3H3. The van der Waals surface area contributed by atoms with Crippen LogP contribution in [0.2, 0.25) is 0 Å². The summed E-state index contributed by atoms with van der Waals surface area (Å²) in [5.41, 5.74) is 2.44. The van der Waals surface area contributed by atoms with Gasteiger partial charge in [-0.2, -0.15) is 0 Å². The summed E-state index contributed by atoms with van der Waals surface area (Å²) < 4.78 is 0. The number of rotatable bonds is 5. The highest BCUT2D eigenvalue weighted by Gasteiger charge is 2.20. The van der Waals surface area contributed by atoms with E-state index < -0.39 is 0 Å². The fourth-order valence-corrected chi connectivity index (χ4v) is 3.37. The molecule has 1 aliphatic carbocycles. The van der Waals surface area contributed by atoms with Gasteiger partial charge in [-0.05, 0) is 37.6 Å². The largest absolute Gasteiger partial charge is 0.378 e. The maximum atomic E-state index is 6.60. The lowest BCUT2D eigenvalue weighted by Gasteiger charge is -2.32. The SMILES string of the molecule is CN(C)c1ccc(C(Cl)CN(C)C2CCCCC2)cc1. The van der Waals surface area contributed by atoms with E-state index in [4.69, 9.17) is 11.6 Å². The molecule has 0 heterocycles. The van der Waals surface area contributed by atoms with Crippen molar-refractivity contribution in [3.8, 4) is 0 Å². The van der Waals surface area contributed by atoms with Crippen LogP contribution in [0.5, 0.6) is 0 Å². The molecule has 1 unspecified atom stereocenters. The molecule has 0 N–H and O–H groups in total. The second-order valence-corrected chi connectivity index (χ2v) is 6.71. The van der Waals surface area contributed by atoms with Gasteiger partial charge >= 0.3 is 0 Å². The molecular weight excluding hydrogens is 268 g/mol. The van der Waals surface area contributed by atoms with Crippen molar-refractivity contribution in [2.45, 2.75) is 43.5 Å². The van der Waals surface area contributed by atoms with Crippen LogP contribution < -0.4 is 4.90 Å². The van der Waals surface area contributed by atoms with Crippen molar-refractivity contribution in [2.75, 3.05) is 32.6 Å². The van der Waals surface area contributed by atoms with Crippen molar-refractivity contribution >= 4 is 17.3 Å². The fourth-order valence-electron chi connectivity index (χ4n) is 3.01. The molecule has 2 nitrogen and oxygen atoms in total. The zero-order chi connectivity index (χ0) is 14.5. The normalized spacial score (nSPS) is 18.2. The lowest BCUT2D eigenvalue weighted by Crippen LogP contribution is -2.35. The van der Waals surface area contributed by atoms with Crippen LogP contribution in [0.4, 0.5) is 5.69 Å². The Balaban J connectivity index is 1.91. The average Bonchev–Trinajstić information content (AvgIpc) is 2.48. The molecule has 0 bridgehead atoms. The van der Waals surface area contributed by atoms with Crippen LogP contribution >= 0.6 is 11.6 Å². The van der Waals surface area contributed by atoms with E-state index in [1.165, 1.54) is 43.4 Å². The summed E-state index contributed by atoms with van der Waals surface area (Å²) in [5, 5.41) is 0.0816. The van der Waals surface area contributed by atoms with Crippen LogP contribution in [0.25, 0.3) is 0 Å². The van der Waals surface area contributed by atoms with Crippen molar-refractivity contribution < 1.29 is 0 Å². The molecule has 1 aromatic carbocycles. The van der Waals surface area contributed by atoms with Gasteiger partial charge in [-0.25, -0.2) is 0 Å². The number of likely N-dealkylation sites (N-methyl/N-ethyl adjacent to an activating group) is 1. The molecule has 1 aromatic rings. The van der Waals surface area contributed by atoms with E-state index in [9.17, 15) is 0 Å². The first-order chi connectivity index (χ1) is 9.58. The lowest BCUT2D eigenvalue weighted by molar-refractivity contribution is 0.192. The highest BCUT2D eigenvalue weighted by molar-refractivity contribution is 6.21. The molecule has 0 aliphatic heterocycles. The number of hydrogen-bond acceptors (Lipinski definition) is 2. The van der Waals surface area contributed by atoms with Gasteiger partial charge in [-0.15, -0.1) is 11.6 Å². The van der Waals surface area contributed by atoms with Crippen LogP contribution in [-0.2, 0) is 0 Å². The minimum absolute atomic E-state index is 0.0816. The second-order valence-electron chi connectivity index (χ2n) is 6.18. The molecule has 112 valence electrons. The summed E-state index contributed by atoms with van der Waals surface area (Å²) in [4.78, 5) is 4.57. The number of benzene rings is 1. The quantitative estimate of drug-likeness (QED) is 0.747. The molecule has 1 atom stereocenters. The number of alkyl halides is 1. The first-order valence-electron chi connectivity index (χ1n) is 7.69. The van der Waals surface area contributed by atoms with Crippen LogP contribution in [0.1, 0.15) is 43.0 Å². The highest BCUT2D eigenvalue weighted by Crippen LogP contribution is 2.27. The molecule has 20 heavy (non-hydrogen) atoms. The van der Waals surface area contributed by atoms with Crippen molar-refractivity contribution in [1.29, 1.82) is 0 Å². The van der Waals surface area contributed by atoms with E-state index >= 15 is 0 Å². The Morgan fingerprint density at radius 3 is 2.20 bits per heavy atom. The molecule has 1 aliphatic rings.